The van der Waals surface area contributed by atoms with Crippen molar-refractivity contribution >= 4 is 28.6 Å². The SMILES string of the molecule is COC(=O)C1C(c2ccc(I)cc2)CC2CCC1N2CC(F)F. The Balaban J connectivity index is 1.91. The zero-order valence-electron chi connectivity index (χ0n) is 12.9. The van der Waals surface area contributed by atoms with Crippen LogP contribution in [0.25, 0.3) is 0 Å². The quantitative estimate of drug-likeness (QED) is 0.534. The summed E-state index contributed by atoms with van der Waals surface area (Å²) in [7, 11) is 1.38. The van der Waals surface area contributed by atoms with Gasteiger partial charge in [-0.25, -0.2) is 8.78 Å². The van der Waals surface area contributed by atoms with E-state index in [1.165, 1.54) is 7.11 Å². The monoisotopic (exact) mass is 435 g/mol. The lowest BCUT2D eigenvalue weighted by molar-refractivity contribution is -0.151. The lowest BCUT2D eigenvalue weighted by Crippen LogP contribution is -2.52. The van der Waals surface area contributed by atoms with Crippen LogP contribution in [0.3, 0.4) is 0 Å². The average Bonchev–Trinajstić information content (AvgIpc) is 2.79. The highest BCUT2D eigenvalue weighted by molar-refractivity contribution is 14.1. The number of methoxy groups -OCH3 is 1. The number of hydrogen-bond acceptors (Lipinski definition) is 3. The molecule has 2 aliphatic rings. The Morgan fingerprint density at radius 1 is 1.35 bits per heavy atom. The molecule has 3 rings (SSSR count). The van der Waals surface area contributed by atoms with Gasteiger partial charge in [-0.2, -0.15) is 0 Å². The summed E-state index contributed by atoms with van der Waals surface area (Å²) in [5.41, 5.74) is 1.11. The van der Waals surface area contributed by atoms with Crippen molar-refractivity contribution in [1.82, 2.24) is 4.90 Å². The molecule has 4 unspecified atom stereocenters. The first-order chi connectivity index (χ1) is 11.0. The highest BCUT2D eigenvalue weighted by Crippen LogP contribution is 2.47. The van der Waals surface area contributed by atoms with Crippen LogP contribution in [-0.4, -0.2) is 43.0 Å². The molecule has 23 heavy (non-hydrogen) atoms. The number of benzene rings is 1. The third-order valence-corrected chi connectivity index (χ3v) is 5.90. The van der Waals surface area contributed by atoms with Gasteiger partial charge in [-0.3, -0.25) is 9.69 Å². The molecule has 2 aliphatic heterocycles. The minimum absolute atomic E-state index is 0.0471. The molecule has 2 saturated heterocycles. The van der Waals surface area contributed by atoms with Gasteiger partial charge in [0.2, 0.25) is 0 Å². The van der Waals surface area contributed by atoms with Gasteiger partial charge in [-0.05, 0) is 59.5 Å². The minimum atomic E-state index is -2.37. The van der Waals surface area contributed by atoms with Crippen LogP contribution in [0.2, 0.25) is 0 Å². The first kappa shape index (κ1) is 17.1. The van der Waals surface area contributed by atoms with Crippen molar-refractivity contribution in [1.29, 1.82) is 0 Å². The van der Waals surface area contributed by atoms with E-state index in [0.717, 1.165) is 28.4 Å². The van der Waals surface area contributed by atoms with E-state index in [4.69, 9.17) is 4.74 Å². The third-order valence-electron chi connectivity index (χ3n) is 5.19. The van der Waals surface area contributed by atoms with Crippen molar-refractivity contribution in [3.05, 3.63) is 33.4 Å². The molecule has 0 saturated carbocycles. The molecule has 1 aromatic rings. The summed E-state index contributed by atoms with van der Waals surface area (Å²) in [6.45, 7) is -0.248. The van der Waals surface area contributed by atoms with Gasteiger partial charge in [-0.15, -0.1) is 0 Å². The summed E-state index contributed by atoms with van der Waals surface area (Å²) < 4.78 is 32.0. The fraction of sp³-hybridized carbons (Fsp3) is 0.588. The van der Waals surface area contributed by atoms with E-state index in [9.17, 15) is 13.6 Å². The number of piperidine rings is 1. The molecule has 126 valence electrons. The maximum Gasteiger partial charge on any atom is 0.310 e. The molecule has 6 heteroatoms. The first-order valence-corrected chi connectivity index (χ1v) is 8.96. The molecule has 0 N–H and O–H groups in total. The van der Waals surface area contributed by atoms with Crippen LogP contribution >= 0.6 is 22.6 Å². The molecule has 0 aromatic heterocycles. The van der Waals surface area contributed by atoms with Crippen LogP contribution in [0.15, 0.2) is 24.3 Å². The molecule has 1 aromatic carbocycles. The van der Waals surface area contributed by atoms with E-state index < -0.39 is 6.43 Å². The van der Waals surface area contributed by atoms with Crippen molar-refractivity contribution < 1.29 is 18.3 Å². The summed E-state index contributed by atoms with van der Waals surface area (Å²) in [5, 5.41) is 0. The number of carbonyl (C=O) groups excluding carboxylic acids is 1. The lowest BCUT2D eigenvalue weighted by atomic mass is 9.76. The molecular formula is C17H20F2INO2. The van der Waals surface area contributed by atoms with Crippen molar-refractivity contribution in [3.8, 4) is 0 Å². The number of rotatable bonds is 4. The summed E-state index contributed by atoms with van der Waals surface area (Å²) >= 11 is 2.25. The smallest absolute Gasteiger partial charge is 0.310 e. The van der Waals surface area contributed by atoms with Crippen LogP contribution < -0.4 is 0 Å². The zero-order valence-corrected chi connectivity index (χ0v) is 15.1. The second kappa shape index (κ2) is 7.01. The number of halogens is 3. The molecule has 2 fully saturated rings. The fourth-order valence-corrected chi connectivity index (χ4v) is 4.63. The number of alkyl halides is 2. The van der Waals surface area contributed by atoms with Gasteiger partial charge in [-0.1, -0.05) is 12.1 Å². The number of hydrogen-bond donors (Lipinski definition) is 0. The molecule has 0 aliphatic carbocycles. The molecular weight excluding hydrogens is 415 g/mol. The molecule has 4 atom stereocenters. The molecule has 0 radical (unpaired) electrons. The minimum Gasteiger partial charge on any atom is -0.469 e. The number of fused-ring (bicyclic) bond motifs is 2. The number of carbonyl (C=O) groups is 1. The molecule has 2 heterocycles. The molecule has 2 bridgehead atoms. The van der Waals surface area contributed by atoms with Gasteiger partial charge < -0.3 is 4.74 Å². The van der Waals surface area contributed by atoms with E-state index in [1.807, 2.05) is 29.2 Å². The normalized spacial score (nSPS) is 30.7. The van der Waals surface area contributed by atoms with Gasteiger partial charge in [0.25, 0.3) is 6.43 Å². The Hall–Kier alpha value is -0.760. The van der Waals surface area contributed by atoms with Crippen LogP contribution in [-0.2, 0) is 9.53 Å². The number of nitrogens with zero attached hydrogens (tertiary/aromatic N) is 1. The van der Waals surface area contributed by atoms with Gasteiger partial charge in [0.1, 0.15) is 0 Å². The van der Waals surface area contributed by atoms with Gasteiger partial charge >= 0.3 is 5.97 Å². The average molecular weight is 435 g/mol. The maximum atomic E-state index is 12.9. The van der Waals surface area contributed by atoms with Crippen LogP contribution in [0, 0.1) is 9.49 Å². The predicted molar refractivity (Wildman–Crippen MR) is 91.5 cm³/mol. The Kier molecular flexibility index (Phi) is 5.20. The Bertz CT molecular complexity index is 566. The third kappa shape index (κ3) is 3.38. The Labute approximate surface area is 148 Å². The highest BCUT2D eigenvalue weighted by atomic mass is 127. The zero-order chi connectivity index (χ0) is 16.6. The van der Waals surface area contributed by atoms with Crippen molar-refractivity contribution in [2.45, 2.75) is 43.7 Å². The number of ether oxygens (including phenoxy) is 1. The van der Waals surface area contributed by atoms with Crippen LogP contribution in [0.1, 0.15) is 30.7 Å². The van der Waals surface area contributed by atoms with Gasteiger partial charge in [0.05, 0.1) is 19.6 Å². The fourth-order valence-electron chi connectivity index (χ4n) is 4.27. The standard InChI is InChI=1S/C17H20F2INO2/c1-23-17(22)16-13(10-2-4-11(20)5-3-10)8-12-6-7-14(16)21(12)9-15(18)19/h2-5,12-16H,6-9H2,1H3. The molecule has 0 amide bonds. The van der Waals surface area contributed by atoms with Crippen LogP contribution in [0.4, 0.5) is 8.78 Å². The topological polar surface area (TPSA) is 29.5 Å². The van der Waals surface area contributed by atoms with E-state index in [1.54, 1.807) is 0 Å². The summed E-state index contributed by atoms with van der Waals surface area (Å²) in [6, 6.07) is 8.14. The van der Waals surface area contributed by atoms with Crippen molar-refractivity contribution in [2.75, 3.05) is 13.7 Å². The second-order valence-electron chi connectivity index (χ2n) is 6.33. The Morgan fingerprint density at radius 3 is 2.65 bits per heavy atom. The second-order valence-corrected chi connectivity index (χ2v) is 7.57. The van der Waals surface area contributed by atoms with Crippen molar-refractivity contribution in [3.63, 3.8) is 0 Å². The van der Waals surface area contributed by atoms with Crippen molar-refractivity contribution in [2.24, 2.45) is 5.92 Å². The summed E-state index contributed by atoms with van der Waals surface area (Å²) in [6.07, 6.45) is 0.0409. The predicted octanol–water partition coefficient (Wildman–Crippen LogP) is 3.67. The molecule has 3 nitrogen and oxygen atoms in total. The number of esters is 1. The largest absolute Gasteiger partial charge is 0.469 e. The summed E-state index contributed by atoms with van der Waals surface area (Å²) in [4.78, 5) is 14.2. The first-order valence-electron chi connectivity index (χ1n) is 7.88. The molecule has 0 spiro atoms. The van der Waals surface area contributed by atoms with Crippen LogP contribution in [0.5, 0.6) is 0 Å². The van der Waals surface area contributed by atoms with E-state index in [0.29, 0.717) is 0 Å². The van der Waals surface area contributed by atoms with Gasteiger partial charge in [0, 0.05) is 21.6 Å². The highest BCUT2D eigenvalue weighted by Gasteiger charge is 2.51. The maximum absolute atomic E-state index is 12.9. The van der Waals surface area contributed by atoms with E-state index in [-0.39, 0.29) is 36.4 Å². The summed E-state index contributed by atoms with van der Waals surface area (Å²) in [5.74, 6) is -0.596. The van der Waals surface area contributed by atoms with Gasteiger partial charge in [0.15, 0.2) is 0 Å². The van der Waals surface area contributed by atoms with E-state index >= 15 is 0 Å². The van der Waals surface area contributed by atoms with E-state index in [2.05, 4.69) is 22.6 Å². The lowest BCUT2D eigenvalue weighted by Gasteiger charge is -2.43. The Morgan fingerprint density at radius 2 is 2.04 bits per heavy atom.